The van der Waals surface area contributed by atoms with E-state index in [-0.39, 0.29) is 16.8 Å². The molecule has 0 bridgehead atoms. The zero-order valence-electron chi connectivity index (χ0n) is 26.7. The fourth-order valence-corrected chi connectivity index (χ4v) is 12.2. The molecule has 5 nitrogen and oxygen atoms in total. The Hall–Kier alpha value is -1.65. The van der Waals surface area contributed by atoms with E-state index >= 15 is 0 Å². The zero-order chi connectivity index (χ0) is 29.3. The van der Waals surface area contributed by atoms with E-state index in [0.29, 0.717) is 35.2 Å². The molecule has 0 aromatic carbocycles. The summed E-state index contributed by atoms with van der Waals surface area (Å²) in [7, 11) is 0. The van der Waals surface area contributed by atoms with Gasteiger partial charge in [-0.3, -0.25) is 4.79 Å². The van der Waals surface area contributed by atoms with Crippen molar-refractivity contribution < 1.29 is 19.2 Å². The molecule has 1 unspecified atom stereocenters. The molecular weight excluding hydrogens is 498 g/mol. The molecule has 0 radical (unpaired) electrons. The van der Waals surface area contributed by atoms with Gasteiger partial charge in [-0.05, 0) is 122 Å². The molecule has 10 atom stereocenters. The van der Waals surface area contributed by atoms with Crippen LogP contribution in [0.4, 0.5) is 0 Å². The summed E-state index contributed by atoms with van der Waals surface area (Å²) < 4.78 is 5.72. The Morgan fingerprint density at radius 1 is 0.875 bits per heavy atom. The lowest BCUT2D eigenvalue weighted by molar-refractivity contribution is -0.231. The topological polar surface area (TPSA) is 65.0 Å². The number of carbonyl (C=O) groups is 2. The van der Waals surface area contributed by atoms with Crippen molar-refractivity contribution in [1.29, 1.82) is 0 Å². The molecule has 5 aliphatic carbocycles. The molecule has 0 aliphatic heterocycles. The molecule has 5 fully saturated rings. The van der Waals surface area contributed by atoms with E-state index in [1.807, 2.05) is 0 Å². The van der Waals surface area contributed by atoms with Gasteiger partial charge in [-0.25, -0.2) is 4.79 Å². The monoisotopic (exact) mass is 553 g/mol. The van der Waals surface area contributed by atoms with Crippen LogP contribution in [0.5, 0.6) is 0 Å². The lowest BCUT2D eigenvalue weighted by Gasteiger charge is -2.72. The molecule has 0 N–H and O–H groups in total. The van der Waals surface area contributed by atoms with Crippen molar-refractivity contribution >= 4 is 17.7 Å². The molecule has 0 amide bonds. The van der Waals surface area contributed by atoms with Crippen LogP contribution in [0.2, 0.25) is 0 Å². The van der Waals surface area contributed by atoms with E-state index in [1.165, 1.54) is 70.8 Å². The molecule has 5 aliphatic rings. The summed E-state index contributed by atoms with van der Waals surface area (Å²) in [6.45, 7) is 22.6. The first-order valence-electron chi connectivity index (χ1n) is 16.2. The third-order valence-electron chi connectivity index (χ3n) is 14.4. The Kier molecular flexibility index (Phi) is 7.44. The molecule has 0 heterocycles. The number of allylic oxidation sites excluding steroid dienone is 1. The van der Waals surface area contributed by atoms with E-state index in [0.717, 1.165) is 36.8 Å². The highest BCUT2D eigenvalue weighted by Gasteiger charge is 2.71. The smallest absolute Gasteiger partial charge is 0.331 e. The minimum atomic E-state index is -0.437. The summed E-state index contributed by atoms with van der Waals surface area (Å²) in [5.41, 5.74) is 3.09. The van der Waals surface area contributed by atoms with Crippen LogP contribution in [-0.4, -0.2) is 24.3 Å². The van der Waals surface area contributed by atoms with Gasteiger partial charge in [0.25, 0.3) is 0 Å². The fourth-order valence-electron chi connectivity index (χ4n) is 12.2. The molecule has 5 rings (SSSR count). The lowest BCUT2D eigenvalue weighted by Crippen LogP contribution is -2.67. The first kappa shape index (κ1) is 29.8. The highest BCUT2D eigenvalue weighted by atomic mass is 16.7. The quantitative estimate of drug-likeness (QED) is 0.148. The van der Waals surface area contributed by atoms with Crippen LogP contribution in [-0.2, 0) is 19.2 Å². The second-order valence-electron chi connectivity index (χ2n) is 15.7. The van der Waals surface area contributed by atoms with Crippen LogP contribution in [0, 0.1) is 56.7 Å². The lowest BCUT2D eigenvalue weighted by atomic mass is 9.32. The van der Waals surface area contributed by atoms with Crippen molar-refractivity contribution in [2.24, 2.45) is 61.8 Å². The van der Waals surface area contributed by atoms with Crippen LogP contribution < -0.4 is 0 Å². The van der Waals surface area contributed by atoms with Gasteiger partial charge in [0.2, 0.25) is 0 Å². The number of nitrogens with zero attached hydrogens (tertiary/aromatic N) is 1. The molecule has 5 heteroatoms. The van der Waals surface area contributed by atoms with Gasteiger partial charge in [0, 0.05) is 19.3 Å². The third-order valence-corrected chi connectivity index (χ3v) is 14.4. The van der Waals surface area contributed by atoms with Gasteiger partial charge in [0.15, 0.2) is 0 Å². The van der Waals surface area contributed by atoms with E-state index in [1.54, 1.807) is 0 Å². The van der Waals surface area contributed by atoms with Crippen LogP contribution in [0.25, 0.3) is 0 Å². The molecule has 0 aromatic rings. The number of hydrogen-bond acceptors (Lipinski definition) is 5. The first-order valence-corrected chi connectivity index (χ1v) is 16.2. The van der Waals surface area contributed by atoms with Crippen molar-refractivity contribution in [1.82, 2.24) is 0 Å². The van der Waals surface area contributed by atoms with Crippen LogP contribution >= 0.6 is 0 Å². The predicted molar refractivity (Wildman–Crippen MR) is 159 cm³/mol. The molecular formula is C35H55NO4. The van der Waals surface area contributed by atoms with Gasteiger partial charge in [0.1, 0.15) is 6.61 Å². The Morgan fingerprint density at radius 3 is 2.23 bits per heavy atom. The summed E-state index contributed by atoms with van der Waals surface area (Å²) in [5, 5.41) is 4.38. The number of ether oxygens (including phenoxy) is 1. The average molecular weight is 554 g/mol. The molecule has 0 saturated heterocycles. The van der Waals surface area contributed by atoms with Gasteiger partial charge < -0.3 is 9.57 Å². The highest BCUT2D eigenvalue weighted by molar-refractivity contribution is 5.91. The second kappa shape index (κ2) is 9.97. The maximum atomic E-state index is 12.0. The van der Waals surface area contributed by atoms with Crippen molar-refractivity contribution in [2.75, 3.05) is 6.61 Å². The first-order chi connectivity index (χ1) is 18.7. The number of oxime groups is 1. The van der Waals surface area contributed by atoms with E-state index in [4.69, 9.17) is 9.57 Å². The van der Waals surface area contributed by atoms with E-state index < -0.39 is 11.4 Å². The molecule has 224 valence electrons. The van der Waals surface area contributed by atoms with Gasteiger partial charge >= 0.3 is 11.9 Å². The number of rotatable bonds is 5. The van der Waals surface area contributed by atoms with Gasteiger partial charge in [-0.15, -0.1) is 0 Å². The second-order valence-corrected chi connectivity index (χ2v) is 15.7. The Labute approximate surface area is 243 Å². The van der Waals surface area contributed by atoms with Crippen molar-refractivity contribution in [3.63, 3.8) is 0 Å². The largest absolute Gasteiger partial charge is 0.465 e. The summed E-state index contributed by atoms with van der Waals surface area (Å²) in [6.07, 6.45) is 13.5. The Bertz CT molecular complexity index is 1100. The number of carbonyl (C=O) groups excluding carboxylic acids is 2. The summed E-state index contributed by atoms with van der Waals surface area (Å²) >= 11 is 0. The Balaban J connectivity index is 1.52. The third kappa shape index (κ3) is 4.09. The van der Waals surface area contributed by atoms with Crippen molar-refractivity contribution in [3.05, 3.63) is 12.2 Å². The number of esters is 1. The van der Waals surface area contributed by atoms with Gasteiger partial charge in [-0.1, -0.05) is 58.3 Å². The number of fused-ring (bicyclic) bond motifs is 7. The maximum Gasteiger partial charge on any atom is 0.331 e. The fraction of sp³-hybridized carbons (Fsp3) is 0.857. The number of hydrogen-bond donors (Lipinski definition) is 0. The Morgan fingerprint density at radius 2 is 1.60 bits per heavy atom. The zero-order valence-corrected chi connectivity index (χ0v) is 26.7. The van der Waals surface area contributed by atoms with Crippen LogP contribution in [0.3, 0.4) is 0 Å². The van der Waals surface area contributed by atoms with Crippen LogP contribution in [0.15, 0.2) is 17.3 Å². The average Bonchev–Trinajstić information content (AvgIpc) is 3.28. The molecule has 0 aromatic heterocycles. The minimum Gasteiger partial charge on any atom is -0.465 e. The van der Waals surface area contributed by atoms with E-state index in [2.05, 4.69) is 53.3 Å². The van der Waals surface area contributed by atoms with Crippen molar-refractivity contribution in [2.45, 2.75) is 126 Å². The normalized spacial score (nSPS) is 48.8. The molecule has 0 spiro atoms. The van der Waals surface area contributed by atoms with E-state index in [9.17, 15) is 9.59 Å². The summed E-state index contributed by atoms with van der Waals surface area (Å²) in [6, 6.07) is 0. The van der Waals surface area contributed by atoms with Crippen molar-refractivity contribution in [3.8, 4) is 0 Å². The minimum absolute atomic E-state index is 0.119. The predicted octanol–water partition coefficient (Wildman–Crippen LogP) is 8.52. The summed E-state index contributed by atoms with van der Waals surface area (Å²) in [5.74, 6) is 2.50. The molecule has 40 heavy (non-hydrogen) atoms. The molecule has 5 saturated carbocycles. The van der Waals surface area contributed by atoms with Gasteiger partial charge in [-0.2, -0.15) is 0 Å². The maximum absolute atomic E-state index is 12.0. The van der Waals surface area contributed by atoms with Crippen LogP contribution in [0.1, 0.15) is 126 Å². The summed E-state index contributed by atoms with van der Waals surface area (Å²) in [4.78, 5) is 28.9. The highest BCUT2D eigenvalue weighted by Crippen LogP contribution is 2.77. The van der Waals surface area contributed by atoms with Gasteiger partial charge in [0.05, 0.1) is 5.71 Å². The SMILES string of the molecule is C=C(C)[C@@H]1CC[C@]2(CC)CC[C@]3(C)[C@H](CC[C@@H]4[C@@]5(C)CC/C(=N/OC(C)=O)C(C)(COC(C)=O)[C@@H]5CC[C@]43C)[C@@H]12. The standard InChI is InChI=1S/C35H55NO4/c1-10-35-18-13-25(22(2)3)30(35)26-11-12-28-31(6)16-15-29(36-40-24(5)38)32(7,21-39-23(4)37)27(31)14-17-34(28,9)33(26,8)19-20-35/h25-28,30H,2,10-21H2,1,3-9H3/b36-29-/t25-,26+,27+,28+,30+,31-,32?,33+,34+,35+/m0/s1.